The summed E-state index contributed by atoms with van der Waals surface area (Å²) in [4.78, 5) is 12.8. The Kier molecular flexibility index (Phi) is 7.94. The number of amides is 1. The van der Waals surface area contributed by atoms with Crippen LogP contribution >= 0.6 is 15.9 Å². The van der Waals surface area contributed by atoms with Gasteiger partial charge in [-0.15, -0.1) is 0 Å². The highest BCUT2D eigenvalue weighted by Crippen LogP contribution is 2.34. The van der Waals surface area contributed by atoms with Gasteiger partial charge >= 0.3 is 0 Å². The Morgan fingerprint density at radius 2 is 2.00 bits per heavy atom. The lowest BCUT2D eigenvalue weighted by Gasteiger charge is -2.38. The number of carbonyl (C=O) groups excluding carboxylic acids is 1. The first-order chi connectivity index (χ1) is 14.6. The predicted octanol–water partition coefficient (Wildman–Crippen LogP) is 5.08. The number of nitrogens with one attached hydrogen (secondary N) is 1. The number of benzene rings is 2. The Morgan fingerprint density at radius 1 is 1.20 bits per heavy atom. The van der Waals surface area contributed by atoms with Crippen LogP contribution in [0.25, 0.3) is 6.08 Å². The van der Waals surface area contributed by atoms with Crippen LogP contribution in [0, 0.1) is 0 Å². The van der Waals surface area contributed by atoms with Gasteiger partial charge < -0.3 is 19.5 Å². The van der Waals surface area contributed by atoms with Gasteiger partial charge in [0.25, 0.3) is 0 Å². The number of ether oxygens (including phenoxy) is 3. The van der Waals surface area contributed by atoms with Crippen LogP contribution in [0.3, 0.4) is 0 Å². The normalized spacial score (nSPS) is 15.7. The standard InChI is InChI=1S/C24H28BrNO4/c1-3-13-30-21-9-7-18(16-22(21)28-2)8-10-23(27)26-24(11-14-29-15-12-24)19-5-4-6-20(25)17-19/h4-10,16-17H,3,11-15H2,1-2H3,(H,26,27)/b10-8+. The van der Waals surface area contributed by atoms with Crippen molar-refractivity contribution in [2.45, 2.75) is 31.7 Å². The third kappa shape index (κ3) is 5.64. The number of hydrogen-bond acceptors (Lipinski definition) is 4. The number of carbonyl (C=O) groups is 1. The second kappa shape index (κ2) is 10.6. The van der Waals surface area contributed by atoms with E-state index >= 15 is 0 Å². The Hall–Kier alpha value is -2.31. The van der Waals surface area contributed by atoms with Crippen molar-refractivity contribution in [3.63, 3.8) is 0 Å². The van der Waals surface area contributed by atoms with Crippen molar-refractivity contribution in [2.24, 2.45) is 0 Å². The van der Waals surface area contributed by atoms with E-state index in [0.29, 0.717) is 31.3 Å². The van der Waals surface area contributed by atoms with Gasteiger partial charge in [-0.25, -0.2) is 0 Å². The molecule has 1 N–H and O–H groups in total. The fraction of sp³-hybridized carbons (Fsp3) is 0.375. The molecule has 2 aromatic carbocycles. The monoisotopic (exact) mass is 473 g/mol. The molecular weight excluding hydrogens is 446 g/mol. The topological polar surface area (TPSA) is 56.8 Å². The van der Waals surface area contributed by atoms with E-state index in [2.05, 4.69) is 40.3 Å². The Morgan fingerprint density at radius 3 is 2.70 bits per heavy atom. The molecule has 6 heteroatoms. The molecule has 0 bridgehead atoms. The van der Waals surface area contributed by atoms with Crippen LogP contribution < -0.4 is 14.8 Å². The molecule has 1 amide bonds. The minimum absolute atomic E-state index is 0.137. The van der Waals surface area contributed by atoms with Crippen LogP contribution in [0.2, 0.25) is 0 Å². The zero-order valence-corrected chi connectivity index (χ0v) is 19.0. The molecule has 3 rings (SSSR count). The number of hydrogen-bond donors (Lipinski definition) is 1. The fourth-order valence-corrected chi connectivity index (χ4v) is 3.96. The first kappa shape index (κ1) is 22.4. The Balaban J connectivity index is 1.75. The van der Waals surface area contributed by atoms with Crippen molar-refractivity contribution in [3.05, 3.63) is 64.1 Å². The smallest absolute Gasteiger partial charge is 0.244 e. The molecule has 1 aliphatic rings. The average molecular weight is 474 g/mol. The highest BCUT2D eigenvalue weighted by Gasteiger charge is 2.35. The second-order valence-corrected chi connectivity index (χ2v) is 8.20. The molecule has 0 radical (unpaired) electrons. The molecule has 0 saturated carbocycles. The summed E-state index contributed by atoms with van der Waals surface area (Å²) in [6.07, 6.45) is 5.75. The highest BCUT2D eigenvalue weighted by molar-refractivity contribution is 9.10. The van der Waals surface area contributed by atoms with Gasteiger partial charge in [-0.1, -0.05) is 41.1 Å². The van der Waals surface area contributed by atoms with Crippen molar-refractivity contribution in [1.29, 1.82) is 0 Å². The third-order valence-corrected chi connectivity index (χ3v) is 5.66. The van der Waals surface area contributed by atoms with Crippen molar-refractivity contribution >= 4 is 27.9 Å². The summed E-state index contributed by atoms with van der Waals surface area (Å²) < 4.78 is 17.6. The van der Waals surface area contributed by atoms with E-state index in [0.717, 1.165) is 34.9 Å². The largest absolute Gasteiger partial charge is 0.493 e. The third-order valence-electron chi connectivity index (χ3n) is 5.16. The van der Waals surface area contributed by atoms with Gasteiger partial charge in [-0.3, -0.25) is 4.79 Å². The summed E-state index contributed by atoms with van der Waals surface area (Å²) in [5.41, 5.74) is 1.52. The Bertz CT molecular complexity index is 891. The minimum Gasteiger partial charge on any atom is -0.493 e. The maximum atomic E-state index is 12.8. The number of rotatable bonds is 8. The zero-order valence-electron chi connectivity index (χ0n) is 17.4. The minimum atomic E-state index is -0.432. The van der Waals surface area contributed by atoms with Gasteiger partial charge in [0.1, 0.15) is 0 Å². The summed E-state index contributed by atoms with van der Waals surface area (Å²) in [5, 5.41) is 3.23. The lowest BCUT2D eigenvalue weighted by atomic mass is 9.82. The molecule has 2 aromatic rings. The molecule has 0 spiro atoms. The average Bonchev–Trinajstić information content (AvgIpc) is 2.77. The molecule has 1 fully saturated rings. The van der Waals surface area contributed by atoms with E-state index in [4.69, 9.17) is 14.2 Å². The van der Waals surface area contributed by atoms with Crippen LogP contribution in [0.5, 0.6) is 11.5 Å². The van der Waals surface area contributed by atoms with Gasteiger partial charge in [0.15, 0.2) is 11.5 Å². The molecule has 1 heterocycles. The van der Waals surface area contributed by atoms with Crippen LogP contribution in [-0.2, 0) is 15.1 Å². The van der Waals surface area contributed by atoms with Gasteiger partial charge in [0, 0.05) is 23.8 Å². The molecule has 1 aliphatic heterocycles. The van der Waals surface area contributed by atoms with E-state index in [1.807, 2.05) is 30.3 Å². The summed E-state index contributed by atoms with van der Waals surface area (Å²) in [6.45, 7) is 3.93. The maximum absolute atomic E-state index is 12.8. The Labute approximate surface area is 186 Å². The maximum Gasteiger partial charge on any atom is 0.244 e. The lowest BCUT2D eigenvalue weighted by molar-refractivity contribution is -0.119. The van der Waals surface area contributed by atoms with Crippen LogP contribution in [-0.4, -0.2) is 32.8 Å². The van der Waals surface area contributed by atoms with Gasteiger partial charge in [-0.2, -0.15) is 0 Å². The fourth-order valence-electron chi connectivity index (χ4n) is 3.56. The number of halogens is 1. The molecule has 0 atom stereocenters. The highest BCUT2D eigenvalue weighted by atomic mass is 79.9. The van der Waals surface area contributed by atoms with E-state index in [1.165, 1.54) is 0 Å². The molecule has 0 aliphatic carbocycles. The van der Waals surface area contributed by atoms with Crippen LogP contribution in [0.4, 0.5) is 0 Å². The predicted molar refractivity (Wildman–Crippen MR) is 122 cm³/mol. The summed E-state index contributed by atoms with van der Waals surface area (Å²) in [6, 6.07) is 13.7. The van der Waals surface area contributed by atoms with Crippen molar-refractivity contribution in [1.82, 2.24) is 5.32 Å². The van der Waals surface area contributed by atoms with Gasteiger partial charge in [0.05, 0.1) is 19.3 Å². The molecule has 0 aromatic heterocycles. The first-order valence-electron chi connectivity index (χ1n) is 10.2. The molecule has 1 saturated heterocycles. The second-order valence-electron chi connectivity index (χ2n) is 7.29. The van der Waals surface area contributed by atoms with Gasteiger partial charge in [0.2, 0.25) is 5.91 Å². The van der Waals surface area contributed by atoms with Gasteiger partial charge in [-0.05, 0) is 60.7 Å². The summed E-state index contributed by atoms with van der Waals surface area (Å²) >= 11 is 3.54. The van der Waals surface area contributed by atoms with E-state index in [1.54, 1.807) is 19.3 Å². The van der Waals surface area contributed by atoms with Crippen molar-refractivity contribution in [2.75, 3.05) is 26.9 Å². The quantitative estimate of drug-likeness (QED) is 0.542. The SMILES string of the molecule is CCCOc1ccc(/C=C/C(=O)NC2(c3cccc(Br)c3)CCOCC2)cc1OC. The molecule has 0 unspecified atom stereocenters. The van der Waals surface area contributed by atoms with E-state index < -0.39 is 5.54 Å². The molecule has 30 heavy (non-hydrogen) atoms. The van der Waals surface area contributed by atoms with Crippen molar-refractivity contribution < 1.29 is 19.0 Å². The lowest BCUT2D eigenvalue weighted by Crippen LogP contribution is -2.49. The zero-order chi connectivity index (χ0) is 21.4. The molecular formula is C24H28BrNO4. The van der Waals surface area contributed by atoms with Crippen LogP contribution in [0.15, 0.2) is 53.0 Å². The number of methoxy groups -OCH3 is 1. The van der Waals surface area contributed by atoms with E-state index in [-0.39, 0.29) is 5.91 Å². The van der Waals surface area contributed by atoms with Crippen LogP contribution in [0.1, 0.15) is 37.3 Å². The summed E-state index contributed by atoms with van der Waals surface area (Å²) in [7, 11) is 1.61. The summed E-state index contributed by atoms with van der Waals surface area (Å²) in [5.74, 6) is 1.22. The molecule has 160 valence electrons. The molecule has 5 nitrogen and oxygen atoms in total. The van der Waals surface area contributed by atoms with Crippen molar-refractivity contribution in [3.8, 4) is 11.5 Å². The van der Waals surface area contributed by atoms with E-state index in [9.17, 15) is 4.79 Å². The first-order valence-corrected chi connectivity index (χ1v) is 11.0.